The van der Waals surface area contributed by atoms with Crippen LogP contribution in [0.3, 0.4) is 0 Å². The van der Waals surface area contributed by atoms with Crippen molar-refractivity contribution in [1.29, 1.82) is 0 Å². The molecule has 1 aromatic heterocycles. The van der Waals surface area contributed by atoms with Gasteiger partial charge in [0.05, 0.1) is 0 Å². The predicted octanol–water partition coefficient (Wildman–Crippen LogP) is 2.57. The van der Waals surface area contributed by atoms with Crippen LogP contribution in [0.2, 0.25) is 0 Å². The molecule has 0 radical (unpaired) electrons. The Labute approximate surface area is 169 Å². The molecule has 1 atom stereocenters. The fourth-order valence-electron chi connectivity index (χ4n) is 3.25. The van der Waals surface area contributed by atoms with E-state index in [1.165, 1.54) is 25.9 Å². The minimum atomic E-state index is 0. The lowest BCUT2D eigenvalue weighted by Crippen LogP contribution is -2.56. The summed E-state index contributed by atoms with van der Waals surface area (Å²) in [7, 11) is 1.83. The summed E-state index contributed by atoms with van der Waals surface area (Å²) in [5.41, 5.74) is 0.140. The van der Waals surface area contributed by atoms with E-state index in [0.717, 1.165) is 37.9 Å². The van der Waals surface area contributed by atoms with Gasteiger partial charge in [-0.05, 0) is 51.6 Å². The van der Waals surface area contributed by atoms with Gasteiger partial charge in [-0.2, -0.15) is 5.10 Å². The van der Waals surface area contributed by atoms with Crippen LogP contribution in [0.5, 0.6) is 0 Å². The summed E-state index contributed by atoms with van der Waals surface area (Å²) in [6.07, 6.45) is 7.51. The summed E-state index contributed by atoms with van der Waals surface area (Å²) in [5, 5.41) is 11.1. The Hall–Kier alpha value is -0.830. The minimum Gasteiger partial charge on any atom is -0.356 e. The Morgan fingerprint density at radius 1 is 1.36 bits per heavy atom. The molecule has 1 saturated heterocycles. The molecular weight excluding hydrogens is 427 g/mol. The van der Waals surface area contributed by atoms with E-state index in [1.807, 2.05) is 30.2 Å². The lowest BCUT2D eigenvalue weighted by Gasteiger charge is -2.43. The van der Waals surface area contributed by atoms with Gasteiger partial charge in [0.25, 0.3) is 0 Å². The number of guanidine groups is 1. The Bertz CT molecular complexity index is 500. The van der Waals surface area contributed by atoms with Gasteiger partial charge in [0.15, 0.2) is 5.96 Å². The van der Waals surface area contributed by atoms with Gasteiger partial charge in [-0.25, -0.2) is 0 Å². The van der Waals surface area contributed by atoms with Crippen LogP contribution in [0.1, 0.15) is 40.0 Å². The highest BCUT2D eigenvalue weighted by molar-refractivity contribution is 14.0. The zero-order chi connectivity index (χ0) is 17.4. The van der Waals surface area contributed by atoms with Crippen molar-refractivity contribution in [2.45, 2.75) is 52.1 Å². The number of halogens is 1. The molecule has 2 N–H and O–H groups in total. The quantitative estimate of drug-likeness (QED) is 0.283. The largest absolute Gasteiger partial charge is 0.356 e. The summed E-state index contributed by atoms with van der Waals surface area (Å²) in [6, 6.07) is 1.96. The molecule has 0 aliphatic carbocycles. The number of aryl methyl sites for hydroxylation is 1. The van der Waals surface area contributed by atoms with Crippen LogP contribution in [0.25, 0.3) is 0 Å². The van der Waals surface area contributed by atoms with Gasteiger partial charge in [-0.1, -0.05) is 6.92 Å². The van der Waals surface area contributed by atoms with E-state index >= 15 is 0 Å². The highest BCUT2D eigenvalue weighted by Crippen LogP contribution is 2.23. The van der Waals surface area contributed by atoms with Crippen LogP contribution in [0.4, 0.5) is 0 Å². The lowest BCUT2D eigenvalue weighted by molar-refractivity contribution is 0.0739. The van der Waals surface area contributed by atoms with Crippen LogP contribution in [0.15, 0.2) is 23.5 Å². The number of piperidine rings is 1. The van der Waals surface area contributed by atoms with Gasteiger partial charge >= 0.3 is 0 Å². The number of aromatic nitrogens is 2. The maximum atomic E-state index is 4.34. The van der Waals surface area contributed by atoms with Crippen LogP contribution < -0.4 is 10.6 Å². The van der Waals surface area contributed by atoms with Crippen molar-refractivity contribution >= 4 is 29.9 Å². The number of aliphatic imine (C=N–C) groups is 1. The molecule has 25 heavy (non-hydrogen) atoms. The van der Waals surface area contributed by atoms with Crippen LogP contribution in [-0.2, 0) is 6.54 Å². The molecule has 2 heterocycles. The second kappa shape index (κ2) is 11.0. The summed E-state index contributed by atoms with van der Waals surface area (Å²) in [6.45, 7) is 12.1. The zero-order valence-electron chi connectivity index (χ0n) is 16.2. The average Bonchev–Trinajstić information content (AvgIpc) is 3.07. The summed E-state index contributed by atoms with van der Waals surface area (Å²) >= 11 is 0. The minimum absolute atomic E-state index is 0. The van der Waals surface area contributed by atoms with E-state index in [1.54, 1.807) is 0 Å². The third-order valence-corrected chi connectivity index (χ3v) is 4.84. The normalized spacial score (nSPS) is 19.4. The van der Waals surface area contributed by atoms with Crippen molar-refractivity contribution in [3.63, 3.8) is 0 Å². The molecule has 0 amide bonds. The average molecular weight is 462 g/mol. The standard InChI is InChI=1S/C18H34N6.HI/c1-16-8-5-11-23(14-16)18(2,3)15-21-17(19-4)20-9-6-12-24-13-7-10-22-24;/h7,10,13,16H,5-6,8-9,11-12,14-15H2,1-4H3,(H2,19,20,21);1H. The predicted molar refractivity (Wildman–Crippen MR) is 116 cm³/mol. The van der Waals surface area contributed by atoms with Crippen molar-refractivity contribution in [3.8, 4) is 0 Å². The fourth-order valence-corrected chi connectivity index (χ4v) is 3.25. The van der Waals surface area contributed by atoms with Gasteiger partial charge in [0, 0.05) is 51.2 Å². The molecule has 7 heteroatoms. The highest BCUT2D eigenvalue weighted by Gasteiger charge is 2.30. The number of nitrogens with one attached hydrogen (secondary N) is 2. The van der Waals surface area contributed by atoms with Gasteiger partial charge in [0.1, 0.15) is 0 Å². The molecule has 0 spiro atoms. The molecule has 0 saturated carbocycles. The molecule has 144 valence electrons. The molecule has 0 bridgehead atoms. The van der Waals surface area contributed by atoms with Crippen LogP contribution >= 0.6 is 24.0 Å². The monoisotopic (exact) mass is 462 g/mol. The van der Waals surface area contributed by atoms with Crippen molar-refractivity contribution in [2.75, 3.05) is 33.2 Å². The molecular formula is C18H35IN6. The third-order valence-electron chi connectivity index (χ3n) is 4.84. The van der Waals surface area contributed by atoms with E-state index in [4.69, 9.17) is 0 Å². The summed E-state index contributed by atoms with van der Waals surface area (Å²) in [5.74, 6) is 1.69. The molecule has 1 unspecified atom stereocenters. The Morgan fingerprint density at radius 3 is 2.80 bits per heavy atom. The van der Waals surface area contributed by atoms with Gasteiger partial charge in [-0.15, -0.1) is 24.0 Å². The molecule has 0 aromatic carbocycles. The van der Waals surface area contributed by atoms with E-state index in [-0.39, 0.29) is 29.5 Å². The molecule has 1 aromatic rings. The smallest absolute Gasteiger partial charge is 0.191 e. The number of likely N-dealkylation sites (tertiary alicyclic amines) is 1. The zero-order valence-corrected chi connectivity index (χ0v) is 18.5. The second-order valence-corrected chi connectivity index (χ2v) is 7.48. The Kier molecular flexibility index (Phi) is 9.78. The van der Waals surface area contributed by atoms with Crippen molar-refractivity contribution in [1.82, 2.24) is 25.3 Å². The topological polar surface area (TPSA) is 57.5 Å². The van der Waals surface area contributed by atoms with E-state index in [2.05, 4.69) is 46.4 Å². The molecule has 2 rings (SSSR count). The van der Waals surface area contributed by atoms with Gasteiger partial charge < -0.3 is 10.6 Å². The second-order valence-electron chi connectivity index (χ2n) is 7.48. The van der Waals surface area contributed by atoms with E-state index in [9.17, 15) is 0 Å². The first-order valence-electron chi connectivity index (χ1n) is 9.18. The van der Waals surface area contributed by atoms with E-state index in [0.29, 0.717) is 0 Å². The first-order chi connectivity index (χ1) is 11.5. The lowest BCUT2D eigenvalue weighted by atomic mass is 9.93. The third kappa shape index (κ3) is 7.52. The first-order valence-corrected chi connectivity index (χ1v) is 9.18. The van der Waals surface area contributed by atoms with E-state index < -0.39 is 0 Å². The van der Waals surface area contributed by atoms with Crippen LogP contribution in [-0.4, -0.2) is 59.4 Å². The first kappa shape index (κ1) is 22.2. The highest BCUT2D eigenvalue weighted by atomic mass is 127. The van der Waals surface area contributed by atoms with Crippen molar-refractivity contribution < 1.29 is 0 Å². The Balaban J connectivity index is 0.00000312. The SMILES string of the molecule is CN=C(NCCCn1cccn1)NCC(C)(C)N1CCCC(C)C1.I. The molecule has 1 fully saturated rings. The summed E-state index contributed by atoms with van der Waals surface area (Å²) < 4.78 is 1.96. The van der Waals surface area contributed by atoms with Crippen LogP contribution in [0, 0.1) is 5.92 Å². The number of rotatable bonds is 7. The van der Waals surface area contributed by atoms with Crippen molar-refractivity contribution in [3.05, 3.63) is 18.5 Å². The van der Waals surface area contributed by atoms with Crippen molar-refractivity contribution in [2.24, 2.45) is 10.9 Å². The summed E-state index contributed by atoms with van der Waals surface area (Å²) in [4.78, 5) is 6.95. The van der Waals surface area contributed by atoms with Gasteiger partial charge in [-0.3, -0.25) is 14.6 Å². The number of hydrogen-bond donors (Lipinski definition) is 2. The fraction of sp³-hybridized carbons (Fsp3) is 0.778. The molecule has 6 nitrogen and oxygen atoms in total. The maximum Gasteiger partial charge on any atom is 0.191 e. The Morgan fingerprint density at radius 2 is 2.16 bits per heavy atom. The number of hydrogen-bond acceptors (Lipinski definition) is 3. The number of nitrogens with zero attached hydrogens (tertiary/aromatic N) is 4. The van der Waals surface area contributed by atoms with Gasteiger partial charge in [0.2, 0.25) is 0 Å². The molecule has 1 aliphatic heterocycles. The maximum absolute atomic E-state index is 4.34. The molecule has 1 aliphatic rings.